The molecule has 0 aromatic rings. The molecule has 64 valence electrons. The Kier molecular flexibility index (Phi) is 4.93. The lowest BCUT2D eigenvalue weighted by Crippen LogP contribution is -1.85. The van der Waals surface area contributed by atoms with Crippen LogP contribution in [0.4, 0.5) is 0 Å². The van der Waals surface area contributed by atoms with Gasteiger partial charge in [-0.05, 0) is 26.2 Å². The maximum absolute atomic E-state index is 2.31. The van der Waals surface area contributed by atoms with Gasteiger partial charge in [-0.3, -0.25) is 0 Å². The van der Waals surface area contributed by atoms with Crippen molar-refractivity contribution in [1.82, 2.24) is 0 Å². The third kappa shape index (κ3) is 4.83. The molecule has 0 unspecified atom stereocenters. The molecule has 0 N–H and O–H groups in total. The maximum atomic E-state index is 2.31. The second kappa shape index (κ2) is 5.17. The third-order valence-electron chi connectivity index (χ3n) is 1.72. The Morgan fingerprint density at radius 2 is 1.73 bits per heavy atom. The fourth-order valence-corrected chi connectivity index (χ4v) is 1.10. The van der Waals surface area contributed by atoms with Crippen molar-refractivity contribution in [3.05, 3.63) is 23.3 Å². The van der Waals surface area contributed by atoms with Gasteiger partial charge in [0.05, 0.1) is 0 Å². The van der Waals surface area contributed by atoms with Gasteiger partial charge >= 0.3 is 0 Å². The zero-order chi connectivity index (χ0) is 8.85. The molecule has 0 atom stereocenters. The van der Waals surface area contributed by atoms with E-state index in [0.717, 1.165) is 6.42 Å². The van der Waals surface area contributed by atoms with Crippen LogP contribution in [-0.4, -0.2) is 0 Å². The predicted molar refractivity (Wildman–Crippen MR) is 52.6 cm³/mol. The van der Waals surface area contributed by atoms with Crippen LogP contribution in [0, 0.1) is 5.92 Å². The van der Waals surface area contributed by atoms with E-state index < -0.39 is 0 Å². The van der Waals surface area contributed by atoms with Gasteiger partial charge < -0.3 is 0 Å². The summed E-state index contributed by atoms with van der Waals surface area (Å²) in [7, 11) is 0. The Bertz CT molecular complexity index is 159. The van der Waals surface area contributed by atoms with E-state index in [1.54, 1.807) is 0 Å². The van der Waals surface area contributed by atoms with E-state index in [9.17, 15) is 0 Å². The molecule has 11 heavy (non-hydrogen) atoms. The standard InChI is InChI=1S/C11H20/c1-6-7-10(4)11(5)8-9(2)3/h7-9H,6H2,1-5H3. The highest BCUT2D eigenvalue weighted by atomic mass is 14.0. The first-order valence-electron chi connectivity index (χ1n) is 4.43. The topological polar surface area (TPSA) is 0 Å². The lowest BCUT2D eigenvalue weighted by Gasteiger charge is -2.02. The van der Waals surface area contributed by atoms with Crippen LogP contribution in [0.5, 0.6) is 0 Å². The Balaban J connectivity index is 4.23. The minimum absolute atomic E-state index is 0.662. The van der Waals surface area contributed by atoms with Gasteiger partial charge in [-0.2, -0.15) is 0 Å². The van der Waals surface area contributed by atoms with Gasteiger partial charge in [0.25, 0.3) is 0 Å². The SMILES string of the molecule is CCC=C(C)C(C)=CC(C)C. The van der Waals surface area contributed by atoms with E-state index >= 15 is 0 Å². The zero-order valence-electron chi connectivity index (χ0n) is 8.44. The summed E-state index contributed by atoms with van der Waals surface area (Å²) in [6.45, 7) is 11.0. The first-order chi connectivity index (χ1) is 5.07. The van der Waals surface area contributed by atoms with Gasteiger partial charge in [0.2, 0.25) is 0 Å². The minimum Gasteiger partial charge on any atom is -0.0816 e. The van der Waals surface area contributed by atoms with Crippen molar-refractivity contribution in [2.75, 3.05) is 0 Å². The van der Waals surface area contributed by atoms with E-state index in [4.69, 9.17) is 0 Å². The van der Waals surface area contributed by atoms with E-state index in [1.165, 1.54) is 11.1 Å². The van der Waals surface area contributed by atoms with Gasteiger partial charge in [0.1, 0.15) is 0 Å². The summed E-state index contributed by atoms with van der Waals surface area (Å²) in [5.41, 5.74) is 2.84. The number of hydrogen-bond donors (Lipinski definition) is 0. The van der Waals surface area contributed by atoms with Crippen molar-refractivity contribution in [3.63, 3.8) is 0 Å². The van der Waals surface area contributed by atoms with Crippen molar-refractivity contribution in [2.45, 2.75) is 41.0 Å². The smallest absolute Gasteiger partial charge is 0.0285 e. The van der Waals surface area contributed by atoms with Gasteiger partial charge in [0.15, 0.2) is 0 Å². The molecule has 0 aromatic heterocycles. The highest BCUT2D eigenvalue weighted by Crippen LogP contribution is 2.11. The highest BCUT2D eigenvalue weighted by Gasteiger charge is 1.93. The predicted octanol–water partition coefficient (Wildman–Crippen LogP) is 3.95. The van der Waals surface area contributed by atoms with Gasteiger partial charge in [-0.25, -0.2) is 0 Å². The van der Waals surface area contributed by atoms with Crippen molar-refractivity contribution in [1.29, 1.82) is 0 Å². The zero-order valence-corrected chi connectivity index (χ0v) is 8.44. The van der Waals surface area contributed by atoms with Crippen molar-refractivity contribution in [2.24, 2.45) is 5.92 Å². The summed E-state index contributed by atoms with van der Waals surface area (Å²) in [6.07, 6.45) is 5.71. The van der Waals surface area contributed by atoms with Crippen LogP contribution in [0.15, 0.2) is 23.3 Å². The van der Waals surface area contributed by atoms with E-state index in [1.807, 2.05) is 0 Å². The summed E-state index contributed by atoms with van der Waals surface area (Å²) in [4.78, 5) is 0. The molecule has 0 fully saturated rings. The summed E-state index contributed by atoms with van der Waals surface area (Å²) in [5, 5.41) is 0. The average molecular weight is 152 g/mol. The monoisotopic (exact) mass is 152 g/mol. The fraction of sp³-hybridized carbons (Fsp3) is 0.636. The van der Waals surface area contributed by atoms with Crippen molar-refractivity contribution in [3.8, 4) is 0 Å². The molecule has 0 radical (unpaired) electrons. The average Bonchev–Trinajstić information content (AvgIpc) is 1.86. The summed E-state index contributed by atoms with van der Waals surface area (Å²) < 4.78 is 0. The van der Waals surface area contributed by atoms with E-state index in [2.05, 4.69) is 46.8 Å². The Morgan fingerprint density at radius 1 is 1.18 bits per heavy atom. The van der Waals surface area contributed by atoms with Crippen LogP contribution in [-0.2, 0) is 0 Å². The van der Waals surface area contributed by atoms with Gasteiger partial charge in [-0.1, -0.05) is 44.1 Å². The normalized spacial score (nSPS) is 14.4. The minimum atomic E-state index is 0.662. The van der Waals surface area contributed by atoms with Crippen LogP contribution < -0.4 is 0 Å². The van der Waals surface area contributed by atoms with Crippen LogP contribution in [0.2, 0.25) is 0 Å². The molecular formula is C11H20. The quantitative estimate of drug-likeness (QED) is 0.537. The van der Waals surface area contributed by atoms with Crippen molar-refractivity contribution < 1.29 is 0 Å². The van der Waals surface area contributed by atoms with Crippen molar-refractivity contribution >= 4 is 0 Å². The molecular weight excluding hydrogens is 132 g/mol. The highest BCUT2D eigenvalue weighted by molar-refractivity contribution is 5.26. The molecule has 0 rings (SSSR count). The molecule has 0 heterocycles. The van der Waals surface area contributed by atoms with Gasteiger partial charge in [-0.15, -0.1) is 0 Å². The molecule has 0 amide bonds. The number of hydrogen-bond acceptors (Lipinski definition) is 0. The lowest BCUT2D eigenvalue weighted by molar-refractivity contribution is 0.822. The first kappa shape index (κ1) is 10.5. The van der Waals surface area contributed by atoms with Gasteiger partial charge in [0, 0.05) is 0 Å². The lowest BCUT2D eigenvalue weighted by atomic mass is 10.0. The molecule has 0 nitrogen and oxygen atoms in total. The molecule has 0 heteroatoms. The third-order valence-corrected chi connectivity index (χ3v) is 1.72. The Hall–Kier alpha value is -0.520. The summed E-state index contributed by atoms with van der Waals surface area (Å²) in [6, 6.07) is 0. The Labute approximate surface area is 71.0 Å². The Morgan fingerprint density at radius 3 is 2.09 bits per heavy atom. The molecule has 0 aliphatic carbocycles. The van der Waals surface area contributed by atoms with Crippen LogP contribution in [0.3, 0.4) is 0 Å². The molecule has 0 aliphatic rings. The van der Waals surface area contributed by atoms with Crippen LogP contribution in [0.1, 0.15) is 41.0 Å². The van der Waals surface area contributed by atoms with Crippen LogP contribution >= 0.6 is 0 Å². The largest absolute Gasteiger partial charge is 0.0816 e. The first-order valence-corrected chi connectivity index (χ1v) is 4.43. The second-order valence-electron chi connectivity index (χ2n) is 3.39. The number of rotatable bonds is 3. The maximum Gasteiger partial charge on any atom is -0.0285 e. The number of allylic oxidation sites excluding steroid dienone is 4. The van der Waals surface area contributed by atoms with E-state index in [0.29, 0.717) is 5.92 Å². The fourth-order valence-electron chi connectivity index (χ4n) is 1.10. The molecule has 0 aliphatic heterocycles. The molecule has 0 saturated heterocycles. The molecule has 0 bridgehead atoms. The summed E-state index contributed by atoms with van der Waals surface area (Å²) in [5.74, 6) is 0.662. The van der Waals surface area contributed by atoms with Crippen LogP contribution in [0.25, 0.3) is 0 Å². The second-order valence-corrected chi connectivity index (χ2v) is 3.39. The molecule has 0 spiro atoms. The molecule has 0 aromatic carbocycles. The summed E-state index contributed by atoms with van der Waals surface area (Å²) >= 11 is 0. The van der Waals surface area contributed by atoms with E-state index in [-0.39, 0.29) is 0 Å². The molecule has 0 saturated carbocycles.